The molecule has 2 aromatic carbocycles. The van der Waals surface area contributed by atoms with Crippen LogP contribution in [0.5, 0.6) is 0 Å². The van der Waals surface area contributed by atoms with Crippen LogP contribution in [0.2, 0.25) is 0 Å². The van der Waals surface area contributed by atoms with E-state index >= 15 is 0 Å². The minimum atomic E-state index is -3.50. The minimum Gasteiger partial charge on any atom is -0.207 e. The van der Waals surface area contributed by atoms with Gasteiger partial charge in [0, 0.05) is 6.54 Å². The Balaban J connectivity index is 1.84. The van der Waals surface area contributed by atoms with Gasteiger partial charge in [0.15, 0.2) is 0 Å². The van der Waals surface area contributed by atoms with E-state index in [1.807, 2.05) is 23.4 Å². The van der Waals surface area contributed by atoms with Crippen molar-refractivity contribution in [3.05, 3.63) is 65.2 Å². The lowest BCUT2D eigenvalue weighted by Crippen LogP contribution is -2.54. The van der Waals surface area contributed by atoms with Crippen molar-refractivity contribution >= 4 is 10.0 Å². The highest BCUT2D eigenvalue weighted by molar-refractivity contribution is 7.89. The first-order valence-electron chi connectivity index (χ1n) is 9.22. The minimum absolute atomic E-state index is 0.364. The maximum Gasteiger partial charge on any atom is 0.243 e. The summed E-state index contributed by atoms with van der Waals surface area (Å²) in [5.74, 6) is 0. The van der Waals surface area contributed by atoms with E-state index < -0.39 is 10.0 Å². The normalized spacial score (nSPS) is 20.4. The number of rotatable bonds is 2. The summed E-state index contributed by atoms with van der Waals surface area (Å²) in [7, 11) is -3.50. The number of hydrogen-bond acceptors (Lipinski definition) is 2. The molecule has 4 heteroatoms. The summed E-state index contributed by atoms with van der Waals surface area (Å²) in [6.07, 6.45) is 6.03. The summed E-state index contributed by atoms with van der Waals surface area (Å²) >= 11 is 0. The van der Waals surface area contributed by atoms with Crippen molar-refractivity contribution in [2.45, 2.75) is 55.9 Å². The lowest BCUT2D eigenvalue weighted by atomic mass is 9.72. The van der Waals surface area contributed by atoms with E-state index in [2.05, 4.69) is 24.3 Å². The summed E-state index contributed by atoms with van der Waals surface area (Å²) in [5.41, 5.74) is 3.27. The van der Waals surface area contributed by atoms with Gasteiger partial charge in [-0.15, -0.1) is 0 Å². The Labute approximate surface area is 150 Å². The largest absolute Gasteiger partial charge is 0.243 e. The first-order valence-corrected chi connectivity index (χ1v) is 10.7. The highest BCUT2D eigenvalue weighted by Gasteiger charge is 2.48. The van der Waals surface area contributed by atoms with E-state index in [-0.39, 0.29) is 5.54 Å². The van der Waals surface area contributed by atoms with Gasteiger partial charge in [-0.1, -0.05) is 61.2 Å². The fraction of sp³-hybridized carbons (Fsp3) is 0.429. The smallest absolute Gasteiger partial charge is 0.207 e. The predicted octanol–water partition coefficient (Wildman–Crippen LogP) is 4.40. The maximum atomic E-state index is 13.5. The zero-order valence-electron chi connectivity index (χ0n) is 14.7. The Morgan fingerprint density at radius 2 is 1.60 bits per heavy atom. The molecule has 0 N–H and O–H groups in total. The number of aryl methyl sites for hydroxylation is 1. The van der Waals surface area contributed by atoms with Gasteiger partial charge in [-0.05, 0) is 49.4 Å². The zero-order chi connectivity index (χ0) is 17.5. The van der Waals surface area contributed by atoms with Crippen LogP contribution in [0.1, 0.15) is 48.8 Å². The molecule has 1 spiro atoms. The van der Waals surface area contributed by atoms with Crippen LogP contribution < -0.4 is 0 Å². The van der Waals surface area contributed by atoms with Crippen LogP contribution in [0.3, 0.4) is 0 Å². The molecule has 0 atom stereocenters. The van der Waals surface area contributed by atoms with Crippen LogP contribution in [-0.2, 0) is 22.0 Å². The van der Waals surface area contributed by atoms with Crippen LogP contribution in [0.15, 0.2) is 53.4 Å². The number of hydrogen-bond donors (Lipinski definition) is 0. The molecule has 132 valence electrons. The Bertz CT molecular complexity index is 865. The molecule has 3 nitrogen and oxygen atoms in total. The molecular weight excluding hydrogens is 330 g/mol. The second-order valence-corrected chi connectivity index (χ2v) is 9.25. The van der Waals surface area contributed by atoms with E-state index in [9.17, 15) is 8.42 Å². The molecule has 1 heterocycles. The van der Waals surface area contributed by atoms with Crippen LogP contribution in [-0.4, -0.2) is 19.3 Å². The van der Waals surface area contributed by atoms with Crippen molar-refractivity contribution in [2.75, 3.05) is 6.54 Å². The van der Waals surface area contributed by atoms with E-state index in [1.165, 1.54) is 17.5 Å². The number of benzene rings is 2. The molecule has 2 aromatic rings. The average Bonchev–Trinajstić information content (AvgIpc) is 2.63. The summed E-state index contributed by atoms with van der Waals surface area (Å²) in [4.78, 5) is 0.419. The van der Waals surface area contributed by atoms with Gasteiger partial charge < -0.3 is 0 Å². The number of sulfonamides is 1. The van der Waals surface area contributed by atoms with Crippen molar-refractivity contribution < 1.29 is 8.42 Å². The monoisotopic (exact) mass is 355 g/mol. The third kappa shape index (κ3) is 2.72. The third-order valence-corrected chi connectivity index (χ3v) is 7.85. The Kier molecular flexibility index (Phi) is 4.20. The van der Waals surface area contributed by atoms with E-state index in [1.54, 1.807) is 12.1 Å². The fourth-order valence-electron chi connectivity index (χ4n) is 4.61. The molecule has 0 saturated heterocycles. The van der Waals surface area contributed by atoms with Crippen molar-refractivity contribution in [1.82, 2.24) is 4.31 Å². The first kappa shape index (κ1) is 16.8. The molecule has 1 saturated carbocycles. The van der Waals surface area contributed by atoms with E-state index in [0.717, 1.165) is 37.7 Å². The predicted molar refractivity (Wildman–Crippen MR) is 100.0 cm³/mol. The fourth-order valence-corrected chi connectivity index (χ4v) is 6.41. The van der Waals surface area contributed by atoms with Crippen LogP contribution in [0, 0.1) is 6.92 Å². The Hall–Kier alpha value is -1.65. The van der Waals surface area contributed by atoms with Gasteiger partial charge in [0.2, 0.25) is 10.0 Å². The molecule has 1 fully saturated rings. The molecule has 0 aromatic heterocycles. The second kappa shape index (κ2) is 6.26. The van der Waals surface area contributed by atoms with E-state index in [4.69, 9.17) is 0 Å². The van der Waals surface area contributed by atoms with Crippen LogP contribution >= 0.6 is 0 Å². The summed E-state index contributed by atoms with van der Waals surface area (Å²) in [5, 5.41) is 0. The van der Waals surface area contributed by atoms with Crippen LogP contribution in [0.25, 0.3) is 0 Å². The molecule has 0 amide bonds. The van der Waals surface area contributed by atoms with E-state index in [0.29, 0.717) is 11.4 Å². The third-order valence-electron chi connectivity index (χ3n) is 5.87. The molecule has 0 bridgehead atoms. The molecule has 25 heavy (non-hydrogen) atoms. The number of fused-ring (bicyclic) bond motifs is 2. The molecule has 1 aliphatic heterocycles. The number of nitrogens with zero attached hydrogens (tertiary/aromatic N) is 1. The SMILES string of the molecule is Cc1ccc(S(=O)(=O)N2CCc3ccccc3C23CCCCC3)cc1. The lowest BCUT2D eigenvalue weighted by Gasteiger charge is -2.49. The van der Waals surface area contributed by atoms with Crippen molar-refractivity contribution in [2.24, 2.45) is 0 Å². The van der Waals surface area contributed by atoms with Gasteiger partial charge in [-0.3, -0.25) is 0 Å². The molecule has 1 aliphatic carbocycles. The average molecular weight is 356 g/mol. The van der Waals surface area contributed by atoms with Crippen molar-refractivity contribution in [3.8, 4) is 0 Å². The standard InChI is InChI=1S/C21H25NO2S/c1-17-9-11-19(12-10-17)25(23,24)22-16-13-18-7-3-4-8-20(18)21(22)14-5-2-6-15-21/h3-4,7-12H,2,5-6,13-16H2,1H3. The van der Waals surface area contributed by atoms with Gasteiger partial charge >= 0.3 is 0 Å². The Morgan fingerprint density at radius 1 is 0.920 bits per heavy atom. The van der Waals surface area contributed by atoms with Gasteiger partial charge in [0.1, 0.15) is 0 Å². The quantitative estimate of drug-likeness (QED) is 0.800. The Morgan fingerprint density at radius 3 is 2.32 bits per heavy atom. The molecule has 0 unspecified atom stereocenters. The molecule has 4 rings (SSSR count). The first-order chi connectivity index (χ1) is 12.0. The van der Waals surface area contributed by atoms with Gasteiger partial charge in [0.05, 0.1) is 10.4 Å². The molecular formula is C21H25NO2S. The van der Waals surface area contributed by atoms with Gasteiger partial charge in [0.25, 0.3) is 0 Å². The second-order valence-electron chi connectivity index (χ2n) is 7.39. The summed E-state index contributed by atoms with van der Waals surface area (Å²) in [6.45, 7) is 2.56. The van der Waals surface area contributed by atoms with Gasteiger partial charge in [-0.25, -0.2) is 8.42 Å². The maximum absolute atomic E-state index is 13.5. The molecule has 2 aliphatic rings. The van der Waals surface area contributed by atoms with Crippen molar-refractivity contribution in [1.29, 1.82) is 0 Å². The summed E-state index contributed by atoms with van der Waals surface area (Å²) in [6, 6.07) is 15.7. The zero-order valence-corrected chi connectivity index (χ0v) is 15.6. The van der Waals surface area contributed by atoms with Gasteiger partial charge in [-0.2, -0.15) is 4.31 Å². The highest BCUT2D eigenvalue weighted by atomic mass is 32.2. The molecule has 0 radical (unpaired) electrons. The summed E-state index contributed by atoms with van der Waals surface area (Å²) < 4.78 is 28.8. The highest BCUT2D eigenvalue weighted by Crippen LogP contribution is 2.48. The lowest BCUT2D eigenvalue weighted by molar-refractivity contribution is 0.116. The van der Waals surface area contributed by atoms with Crippen LogP contribution in [0.4, 0.5) is 0 Å². The topological polar surface area (TPSA) is 37.4 Å². The van der Waals surface area contributed by atoms with Crippen molar-refractivity contribution in [3.63, 3.8) is 0 Å².